The van der Waals surface area contributed by atoms with Crippen LogP contribution in [0.1, 0.15) is 69.5 Å². The Morgan fingerprint density at radius 1 is 1.13 bits per heavy atom. The first-order valence-corrected chi connectivity index (χ1v) is 10.4. The van der Waals surface area contributed by atoms with Gasteiger partial charge in [0.05, 0.1) is 5.69 Å². The molecule has 0 N–H and O–H groups in total. The van der Waals surface area contributed by atoms with Gasteiger partial charge in [0, 0.05) is 42.8 Å². The zero-order chi connectivity index (χ0) is 21.7. The lowest BCUT2D eigenvalue weighted by atomic mass is 9.92. The van der Waals surface area contributed by atoms with Gasteiger partial charge in [-0.2, -0.15) is 18.3 Å². The van der Waals surface area contributed by atoms with Gasteiger partial charge in [0.25, 0.3) is 5.91 Å². The van der Waals surface area contributed by atoms with Gasteiger partial charge < -0.3 is 9.64 Å². The molecule has 2 aromatic rings. The summed E-state index contributed by atoms with van der Waals surface area (Å²) in [6, 6.07) is 2.75. The minimum Gasteiger partial charge on any atom is -0.368 e. The fourth-order valence-electron chi connectivity index (χ4n) is 4.14. The van der Waals surface area contributed by atoms with Crippen molar-refractivity contribution in [3.8, 4) is 0 Å². The second-order valence-electron chi connectivity index (χ2n) is 9.21. The lowest BCUT2D eigenvalue weighted by Gasteiger charge is -2.33. The molecule has 2 aliphatic rings. The van der Waals surface area contributed by atoms with Gasteiger partial charge in [-0.3, -0.25) is 4.79 Å². The average Bonchev–Trinajstić information content (AvgIpc) is 3.35. The topological polar surface area (TPSA) is 59.7 Å². The van der Waals surface area contributed by atoms with Crippen molar-refractivity contribution in [2.24, 2.45) is 0 Å². The summed E-state index contributed by atoms with van der Waals surface area (Å²) >= 11 is 0. The highest BCUT2D eigenvalue weighted by Gasteiger charge is 2.37. The molecule has 0 aromatic carbocycles. The quantitative estimate of drug-likeness (QED) is 0.733. The molecule has 2 aromatic heterocycles. The Hall–Kier alpha value is -2.16. The molecular weight excluding hydrogens is 397 g/mol. The van der Waals surface area contributed by atoms with E-state index >= 15 is 0 Å². The molecule has 0 saturated carbocycles. The van der Waals surface area contributed by atoms with E-state index < -0.39 is 11.9 Å². The number of halogens is 3. The SMILES string of the molecule is CC(C)(C)c1cc2nc(C3CCN(C(=O)[C@H]4CCCO4)CC3)cc(C(F)(F)F)n2n1. The van der Waals surface area contributed by atoms with E-state index in [9.17, 15) is 18.0 Å². The number of nitrogens with zero attached hydrogens (tertiary/aromatic N) is 4. The van der Waals surface area contributed by atoms with Gasteiger partial charge in [0.1, 0.15) is 11.8 Å². The monoisotopic (exact) mass is 424 g/mol. The number of piperidine rings is 1. The molecule has 0 unspecified atom stereocenters. The van der Waals surface area contributed by atoms with Crippen LogP contribution in [0.25, 0.3) is 5.65 Å². The molecule has 0 spiro atoms. The predicted octanol–water partition coefficient (Wildman–Crippen LogP) is 3.93. The third-order valence-electron chi connectivity index (χ3n) is 5.94. The highest BCUT2D eigenvalue weighted by atomic mass is 19.4. The Morgan fingerprint density at radius 2 is 1.83 bits per heavy atom. The molecule has 1 amide bonds. The molecule has 2 aliphatic heterocycles. The summed E-state index contributed by atoms with van der Waals surface area (Å²) < 4.78 is 47.6. The largest absolute Gasteiger partial charge is 0.433 e. The number of aromatic nitrogens is 3. The van der Waals surface area contributed by atoms with Crippen LogP contribution in [0.4, 0.5) is 13.2 Å². The predicted molar refractivity (Wildman–Crippen MR) is 104 cm³/mol. The molecule has 0 bridgehead atoms. The Labute approximate surface area is 173 Å². The van der Waals surface area contributed by atoms with Gasteiger partial charge >= 0.3 is 6.18 Å². The van der Waals surface area contributed by atoms with Crippen LogP contribution in [0.3, 0.4) is 0 Å². The molecule has 1 atom stereocenters. The maximum Gasteiger partial charge on any atom is 0.433 e. The van der Waals surface area contributed by atoms with Crippen molar-refractivity contribution < 1.29 is 22.7 Å². The summed E-state index contributed by atoms with van der Waals surface area (Å²) in [5.74, 6) is -0.131. The molecule has 0 aliphatic carbocycles. The number of hydrogen-bond acceptors (Lipinski definition) is 4. The third kappa shape index (κ3) is 4.04. The Bertz CT molecular complexity index is 934. The van der Waals surface area contributed by atoms with Gasteiger partial charge in [-0.1, -0.05) is 20.8 Å². The van der Waals surface area contributed by atoms with Crippen LogP contribution < -0.4 is 0 Å². The van der Waals surface area contributed by atoms with Crippen molar-refractivity contribution in [1.29, 1.82) is 0 Å². The third-order valence-corrected chi connectivity index (χ3v) is 5.94. The second kappa shape index (κ2) is 7.51. The van der Waals surface area contributed by atoms with E-state index in [4.69, 9.17) is 4.74 Å². The van der Waals surface area contributed by atoms with Crippen molar-refractivity contribution in [2.45, 2.75) is 70.1 Å². The lowest BCUT2D eigenvalue weighted by molar-refractivity contribution is -0.142. The Morgan fingerprint density at radius 3 is 2.40 bits per heavy atom. The van der Waals surface area contributed by atoms with E-state index in [2.05, 4.69) is 10.1 Å². The number of fused-ring (bicyclic) bond motifs is 1. The number of rotatable bonds is 2. The zero-order valence-electron chi connectivity index (χ0n) is 17.5. The van der Waals surface area contributed by atoms with Crippen LogP contribution in [-0.4, -0.2) is 51.2 Å². The van der Waals surface area contributed by atoms with Crippen molar-refractivity contribution in [3.63, 3.8) is 0 Å². The summed E-state index contributed by atoms with van der Waals surface area (Å²) in [7, 11) is 0. The van der Waals surface area contributed by atoms with Crippen LogP contribution in [0.5, 0.6) is 0 Å². The number of likely N-dealkylation sites (tertiary alicyclic amines) is 1. The average molecular weight is 424 g/mol. The van der Waals surface area contributed by atoms with Gasteiger partial charge in [0.2, 0.25) is 0 Å². The van der Waals surface area contributed by atoms with Gasteiger partial charge in [0.15, 0.2) is 5.65 Å². The van der Waals surface area contributed by atoms with Crippen LogP contribution in [0.15, 0.2) is 12.1 Å². The second-order valence-corrected chi connectivity index (χ2v) is 9.21. The zero-order valence-corrected chi connectivity index (χ0v) is 17.5. The first-order valence-electron chi connectivity index (χ1n) is 10.4. The maximum atomic E-state index is 13.8. The number of ether oxygens (including phenoxy) is 1. The van der Waals surface area contributed by atoms with Crippen molar-refractivity contribution in [1.82, 2.24) is 19.5 Å². The highest BCUT2D eigenvalue weighted by Crippen LogP contribution is 2.35. The number of carbonyl (C=O) groups is 1. The molecule has 0 radical (unpaired) electrons. The summed E-state index contributed by atoms with van der Waals surface area (Å²) in [5, 5.41) is 4.18. The highest BCUT2D eigenvalue weighted by molar-refractivity contribution is 5.81. The molecule has 4 heterocycles. The standard InChI is InChI=1S/C21H27F3N4O2/c1-20(2,3)16-12-18-25-14(11-17(21(22,23)24)28(18)26-16)13-6-8-27(9-7-13)19(29)15-5-4-10-30-15/h11-13,15H,4-10H2,1-3H3/t15-/m1/s1. The van der Waals surface area contributed by atoms with Crippen LogP contribution in [0, 0.1) is 0 Å². The number of hydrogen-bond donors (Lipinski definition) is 0. The summed E-state index contributed by atoms with van der Waals surface area (Å²) in [6.07, 6.45) is -2.11. The minimum atomic E-state index is -4.53. The first-order chi connectivity index (χ1) is 14.0. The first kappa shape index (κ1) is 21.1. The summed E-state index contributed by atoms with van der Waals surface area (Å²) in [4.78, 5) is 18.8. The number of carbonyl (C=O) groups excluding carboxylic acids is 1. The van der Waals surface area contributed by atoms with E-state index in [1.54, 1.807) is 11.0 Å². The van der Waals surface area contributed by atoms with Crippen LogP contribution in [0.2, 0.25) is 0 Å². The van der Waals surface area contributed by atoms with Gasteiger partial charge in [-0.25, -0.2) is 9.50 Å². The van der Waals surface area contributed by atoms with Crippen molar-refractivity contribution in [3.05, 3.63) is 29.2 Å². The van der Waals surface area contributed by atoms with Crippen molar-refractivity contribution >= 4 is 11.6 Å². The smallest absolute Gasteiger partial charge is 0.368 e. The molecule has 2 fully saturated rings. The van der Waals surface area contributed by atoms with E-state index in [1.165, 1.54) is 0 Å². The lowest BCUT2D eigenvalue weighted by Crippen LogP contribution is -2.43. The fourth-order valence-corrected chi connectivity index (χ4v) is 4.14. The summed E-state index contributed by atoms with van der Waals surface area (Å²) in [6.45, 7) is 7.34. The molecule has 9 heteroatoms. The van der Waals surface area contributed by atoms with Gasteiger partial charge in [-0.05, 0) is 31.7 Å². The Balaban J connectivity index is 1.59. The van der Waals surface area contributed by atoms with Crippen molar-refractivity contribution in [2.75, 3.05) is 19.7 Å². The molecule has 2 saturated heterocycles. The Kier molecular flexibility index (Phi) is 5.28. The van der Waals surface area contributed by atoms with Crippen LogP contribution >= 0.6 is 0 Å². The normalized spacial score (nSPS) is 21.5. The van der Waals surface area contributed by atoms with E-state index in [0.29, 0.717) is 43.9 Å². The molecule has 30 heavy (non-hydrogen) atoms. The van der Waals surface area contributed by atoms with E-state index in [-0.39, 0.29) is 29.0 Å². The van der Waals surface area contributed by atoms with E-state index in [0.717, 1.165) is 23.4 Å². The number of alkyl halides is 3. The molecular formula is C21H27F3N4O2. The summed E-state index contributed by atoms with van der Waals surface area (Å²) in [5.41, 5.74) is -0.00224. The van der Waals surface area contributed by atoms with E-state index in [1.807, 2.05) is 20.8 Å². The molecule has 6 nitrogen and oxygen atoms in total. The van der Waals surface area contributed by atoms with Gasteiger partial charge in [-0.15, -0.1) is 0 Å². The molecule has 4 rings (SSSR count). The maximum absolute atomic E-state index is 13.8. The minimum absolute atomic E-state index is 0.00375. The number of amides is 1. The molecule has 164 valence electrons. The van der Waals surface area contributed by atoms with Crippen LogP contribution in [-0.2, 0) is 21.1 Å². The fraction of sp³-hybridized carbons (Fsp3) is 0.667.